The van der Waals surface area contributed by atoms with Crippen molar-refractivity contribution in [2.24, 2.45) is 5.41 Å². The summed E-state index contributed by atoms with van der Waals surface area (Å²) in [4.78, 5) is 0.347. The standard InChI is InChI=1S/C13H20N2O2S/c1-13(8-9-13)10-14-11-6-4-5-7-12(11)18(16,17)15(2)3/h4-7,14H,8-10H2,1-3H3. The van der Waals surface area contributed by atoms with Gasteiger partial charge in [-0.05, 0) is 30.4 Å². The lowest BCUT2D eigenvalue weighted by molar-refractivity contribution is 0.520. The van der Waals surface area contributed by atoms with E-state index in [1.54, 1.807) is 26.2 Å². The molecule has 1 aliphatic rings. The van der Waals surface area contributed by atoms with E-state index in [4.69, 9.17) is 0 Å². The minimum absolute atomic E-state index is 0.342. The van der Waals surface area contributed by atoms with Crippen LogP contribution in [-0.4, -0.2) is 33.4 Å². The van der Waals surface area contributed by atoms with E-state index >= 15 is 0 Å². The SMILES string of the molecule is CN(C)S(=O)(=O)c1ccccc1NCC1(C)CC1. The first-order valence-corrected chi connectivity index (χ1v) is 7.55. The molecule has 0 radical (unpaired) electrons. The first kappa shape index (κ1) is 13.4. The molecule has 1 N–H and O–H groups in total. The van der Waals surface area contributed by atoms with Gasteiger partial charge < -0.3 is 5.32 Å². The Morgan fingerprint density at radius 3 is 2.44 bits per heavy atom. The number of nitrogens with zero attached hydrogens (tertiary/aromatic N) is 1. The molecule has 0 saturated heterocycles. The van der Waals surface area contributed by atoms with Crippen LogP contribution in [0.15, 0.2) is 29.2 Å². The second kappa shape index (κ2) is 4.55. The van der Waals surface area contributed by atoms with Gasteiger partial charge in [0.25, 0.3) is 0 Å². The molecule has 0 heterocycles. The van der Waals surface area contributed by atoms with Crippen LogP contribution in [0.5, 0.6) is 0 Å². The van der Waals surface area contributed by atoms with Gasteiger partial charge in [0.2, 0.25) is 10.0 Å². The predicted octanol–water partition coefficient (Wildman–Crippen LogP) is 2.15. The van der Waals surface area contributed by atoms with E-state index in [2.05, 4.69) is 12.2 Å². The molecule has 1 aromatic carbocycles. The summed E-state index contributed by atoms with van der Waals surface area (Å²) in [7, 11) is -0.284. The van der Waals surface area contributed by atoms with Crippen molar-refractivity contribution in [1.82, 2.24) is 4.31 Å². The van der Waals surface area contributed by atoms with E-state index in [0.717, 1.165) is 6.54 Å². The summed E-state index contributed by atoms with van der Waals surface area (Å²) >= 11 is 0. The molecule has 1 saturated carbocycles. The summed E-state index contributed by atoms with van der Waals surface area (Å²) in [5.41, 5.74) is 1.04. The third-order valence-corrected chi connectivity index (χ3v) is 5.33. The minimum Gasteiger partial charge on any atom is -0.383 e. The van der Waals surface area contributed by atoms with Gasteiger partial charge in [0.15, 0.2) is 0 Å². The van der Waals surface area contributed by atoms with E-state index in [9.17, 15) is 8.42 Å². The van der Waals surface area contributed by atoms with Crippen molar-refractivity contribution in [2.45, 2.75) is 24.7 Å². The molecule has 5 heteroatoms. The molecule has 1 fully saturated rings. The number of hydrogen-bond donors (Lipinski definition) is 1. The van der Waals surface area contributed by atoms with E-state index in [1.165, 1.54) is 17.1 Å². The second-order valence-electron chi connectivity index (χ2n) is 5.45. The summed E-state index contributed by atoms with van der Waals surface area (Å²) in [6, 6.07) is 7.07. The molecule has 0 amide bonds. The van der Waals surface area contributed by atoms with Crippen molar-refractivity contribution >= 4 is 15.7 Å². The highest BCUT2D eigenvalue weighted by Crippen LogP contribution is 2.45. The van der Waals surface area contributed by atoms with Gasteiger partial charge in [-0.1, -0.05) is 19.1 Å². The van der Waals surface area contributed by atoms with Crippen molar-refractivity contribution < 1.29 is 8.42 Å². The van der Waals surface area contributed by atoms with Crippen molar-refractivity contribution in [3.05, 3.63) is 24.3 Å². The average Bonchev–Trinajstić information content (AvgIpc) is 3.05. The fourth-order valence-corrected chi connectivity index (χ4v) is 2.80. The maximum atomic E-state index is 12.2. The van der Waals surface area contributed by atoms with E-state index in [1.807, 2.05) is 12.1 Å². The largest absolute Gasteiger partial charge is 0.383 e. The summed E-state index contributed by atoms with van der Waals surface area (Å²) < 4.78 is 25.6. The van der Waals surface area contributed by atoms with Gasteiger partial charge >= 0.3 is 0 Å². The Morgan fingerprint density at radius 1 is 1.28 bits per heavy atom. The molecule has 1 aromatic rings. The number of benzene rings is 1. The Morgan fingerprint density at radius 2 is 1.89 bits per heavy atom. The molecular formula is C13H20N2O2S. The lowest BCUT2D eigenvalue weighted by Gasteiger charge is -2.17. The maximum Gasteiger partial charge on any atom is 0.244 e. The number of anilines is 1. The van der Waals surface area contributed by atoms with E-state index in [-0.39, 0.29) is 0 Å². The van der Waals surface area contributed by atoms with Crippen LogP contribution in [-0.2, 0) is 10.0 Å². The first-order chi connectivity index (χ1) is 8.35. The topological polar surface area (TPSA) is 49.4 Å². The number of para-hydroxylation sites is 1. The zero-order valence-electron chi connectivity index (χ0n) is 11.1. The van der Waals surface area contributed by atoms with Gasteiger partial charge in [0.05, 0.1) is 5.69 Å². The van der Waals surface area contributed by atoms with Gasteiger partial charge in [0.1, 0.15) is 4.90 Å². The van der Waals surface area contributed by atoms with Crippen LogP contribution in [0, 0.1) is 5.41 Å². The average molecular weight is 268 g/mol. The van der Waals surface area contributed by atoms with Crippen molar-refractivity contribution in [2.75, 3.05) is 26.0 Å². The predicted molar refractivity (Wildman–Crippen MR) is 73.1 cm³/mol. The zero-order chi connectivity index (χ0) is 13.4. The van der Waals surface area contributed by atoms with Crippen molar-refractivity contribution in [3.8, 4) is 0 Å². The molecule has 0 aromatic heterocycles. The quantitative estimate of drug-likeness (QED) is 0.890. The Hall–Kier alpha value is -1.07. The maximum absolute atomic E-state index is 12.2. The van der Waals surface area contributed by atoms with Crippen molar-refractivity contribution in [1.29, 1.82) is 0 Å². The van der Waals surface area contributed by atoms with Gasteiger partial charge in [-0.25, -0.2) is 12.7 Å². The molecule has 18 heavy (non-hydrogen) atoms. The van der Waals surface area contributed by atoms with Crippen molar-refractivity contribution in [3.63, 3.8) is 0 Å². The second-order valence-corrected chi connectivity index (χ2v) is 7.57. The van der Waals surface area contributed by atoms with Crippen LogP contribution in [0.3, 0.4) is 0 Å². The number of sulfonamides is 1. The van der Waals surface area contributed by atoms with Gasteiger partial charge in [0, 0.05) is 20.6 Å². The molecule has 0 bridgehead atoms. The first-order valence-electron chi connectivity index (χ1n) is 6.11. The molecule has 2 rings (SSSR count). The Labute approximate surface area is 109 Å². The lowest BCUT2D eigenvalue weighted by Crippen LogP contribution is -2.24. The highest BCUT2D eigenvalue weighted by Gasteiger charge is 2.37. The summed E-state index contributed by atoms with van der Waals surface area (Å²) in [5.74, 6) is 0. The molecule has 1 aliphatic carbocycles. The van der Waals surface area contributed by atoms with Gasteiger partial charge in [-0.15, -0.1) is 0 Å². The molecular weight excluding hydrogens is 248 g/mol. The van der Waals surface area contributed by atoms with Crippen LogP contribution in [0.25, 0.3) is 0 Å². The molecule has 0 spiro atoms. The van der Waals surface area contributed by atoms with Crippen LogP contribution < -0.4 is 5.32 Å². The summed E-state index contributed by atoms with van der Waals surface area (Å²) in [6.45, 7) is 3.04. The van der Waals surface area contributed by atoms with Crippen LogP contribution in [0.2, 0.25) is 0 Å². The van der Waals surface area contributed by atoms with Crippen LogP contribution in [0.1, 0.15) is 19.8 Å². The number of rotatable bonds is 5. The Kier molecular flexibility index (Phi) is 3.38. The highest BCUT2D eigenvalue weighted by atomic mass is 32.2. The Bertz CT molecular complexity index is 534. The lowest BCUT2D eigenvalue weighted by atomic mass is 10.1. The molecule has 0 aliphatic heterocycles. The van der Waals surface area contributed by atoms with E-state index in [0.29, 0.717) is 16.0 Å². The number of hydrogen-bond acceptors (Lipinski definition) is 3. The highest BCUT2D eigenvalue weighted by molar-refractivity contribution is 7.89. The fourth-order valence-electron chi connectivity index (χ4n) is 1.73. The monoisotopic (exact) mass is 268 g/mol. The third kappa shape index (κ3) is 2.67. The normalized spacial score (nSPS) is 17.8. The molecule has 0 atom stereocenters. The third-order valence-electron chi connectivity index (χ3n) is 3.45. The molecule has 0 unspecified atom stereocenters. The van der Waals surface area contributed by atoms with Gasteiger partial charge in [-0.3, -0.25) is 0 Å². The smallest absolute Gasteiger partial charge is 0.244 e. The van der Waals surface area contributed by atoms with Crippen LogP contribution >= 0.6 is 0 Å². The number of nitrogens with one attached hydrogen (secondary N) is 1. The van der Waals surface area contributed by atoms with Gasteiger partial charge in [-0.2, -0.15) is 0 Å². The molecule has 100 valence electrons. The minimum atomic E-state index is -3.38. The van der Waals surface area contributed by atoms with Crippen LogP contribution in [0.4, 0.5) is 5.69 Å². The zero-order valence-corrected chi connectivity index (χ0v) is 11.9. The Balaban J connectivity index is 2.25. The summed E-state index contributed by atoms with van der Waals surface area (Å²) in [6.07, 6.45) is 2.42. The van der Waals surface area contributed by atoms with E-state index < -0.39 is 10.0 Å². The fraction of sp³-hybridized carbons (Fsp3) is 0.538. The molecule has 4 nitrogen and oxygen atoms in total. The summed E-state index contributed by atoms with van der Waals surface area (Å²) in [5, 5.41) is 3.27.